The first kappa shape index (κ1) is 54.7. The molecule has 0 spiro atoms. The zero-order chi connectivity index (χ0) is 41.4. The molecular weight excluding hydrogens is 719 g/mol. The molecule has 56 heavy (non-hydrogen) atoms. The first-order valence-electron chi connectivity index (χ1n) is 23.4. The highest BCUT2D eigenvalue weighted by Crippen LogP contribution is 2.38. The largest absolute Gasteiger partial charge is 0.756 e. The Hall–Kier alpha value is -1.28. The third-order valence-corrected chi connectivity index (χ3v) is 11.3. The Kier molecular flexibility index (Phi) is 38.3. The van der Waals surface area contributed by atoms with Gasteiger partial charge < -0.3 is 28.8 Å². The van der Waals surface area contributed by atoms with Gasteiger partial charge in [0.05, 0.1) is 39.9 Å². The van der Waals surface area contributed by atoms with E-state index < -0.39 is 20.0 Å². The molecule has 330 valence electrons. The molecule has 0 heterocycles. The molecule has 0 bridgehead atoms. The number of quaternary nitrogens is 1. The van der Waals surface area contributed by atoms with Crippen LogP contribution >= 0.6 is 7.82 Å². The van der Waals surface area contributed by atoms with Crippen molar-refractivity contribution in [3.63, 3.8) is 0 Å². The van der Waals surface area contributed by atoms with Gasteiger partial charge in [-0.25, -0.2) is 0 Å². The molecule has 0 radical (unpaired) electrons. The highest BCUT2D eigenvalue weighted by molar-refractivity contribution is 7.45. The van der Waals surface area contributed by atoms with Crippen molar-refractivity contribution in [2.24, 2.45) is 0 Å². The third kappa shape index (κ3) is 40.9. The van der Waals surface area contributed by atoms with Crippen LogP contribution in [0.5, 0.6) is 0 Å². The molecule has 3 atom stereocenters. The lowest BCUT2D eigenvalue weighted by molar-refractivity contribution is -0.870. The van der Waals surface area contributed by atoms with Gasteiger partial charge in [0.1, 0.15) is 13.2 Å². The second-order valence-electron chi connectivity index (χ2n) is 17.1. The molecule has 3 unspecified atom stereocenters. The van der Waals surface area contributed by atoms with Crippen LogP contribution in [0, 0.1) is 0 Å². The molecule has 1 amide bonds. The van der Waals surface area contributed by atoms with E-state index in [1.165, 1.54) is 116 Å². The number of nitrogens with zero attached hydrogens (tertiary/aromatic N) is 1. The van der Waals surface area contributed by atoms with Gasteiger partial charge in [-0.05, 0) is 44.9 Å². The average molecular weight is 811 g/mol. The Bertz CT molecular complexity index is 1010. The summed E-state index contributed by atoms with van der Waals surface area (Å²) < 4.78 is 23.2. The number of aliphatic hydroxyl groups excluding tert-OH is 1. The van der Waals surface area contributed by atoms with Crippen LogP contribution in [0.2, 0.25) is 0 Å². The topological polar surface area (TPSA) is 108 Å². The molecule has 0 aliphatic carbocycles. The quantitative estimate of drug-likeness (QED) is 0.0275. The molecule has 0 aromatic carbocycles. The number of aliphatic hydroxyl groups is 1. The first-order chi connectivity index (χ1) is 27.0. The number of nitrogens with one attached hydrogen (secondary N) is 1. The number of rotatable bonds is 42. The molecule has 0 saturated carbocycles. The van der Waals surface area contributed by atoms with Gasteiger partial charge in [0.15, 0.2) is 0 Å². The van der Waals surface area contributed by atoms with Gasteiger partial charge >= 0.3 is 0 Å². The van der Waals surface area contributed by atoms with Crippen LogP contribution in [0.15, 0.2) is 36.5 Å². The lowest BCUT2D eigenvalue weighted by Gasteiger charge is -2.29. The first-order valence-corrected chi connectivity index (χ1v) is 24.8. The zero-order valence-electron chi connectivity index (χ0n) is 37.3. The summed E-state index contributed by atoms with van der Waals surface area (Å²) >= 11 is 0. The second-order valence-corrected chi connectivity index (χ2v) is 18.5. The summed E-state index contributed by atoms with van der Waals surface area (Å²) in [6.45, 7) is 4.57. The molecule has 0 aromatic rings. The number of allylic oxidation sites excluding steroid dienone is 5. The standard InChI is InChI=1S/C47H91N2O6P/c1-6-8-10-12-14-16-18-20-21-22-23-24-25-26-27-29-30-32-34-36-38-40-46(50)45(44-55-56(52,53)54-43-42-49(3,4)5)48-47(51)41-39-37-35-33-31-28-19-17-15-13-11-9-7-2/h11,13,17,19,38,40,45-46,50H,6-10,12,14-16,18,20-37,39,41-44H2,1-5H3,(H-,48,51,52,53)/b13-11-,19-17-,40-38+. The van der Waals surface area contributed by atoms with E-state index in [1.807, 2.05) is 27.2 Å². The van der Waals surface area contributed by atoms with Crippen LogP contribution in [-0.2, 0) is 18.4 Å². The van der Waals surface area contributed by atoms with E-state index in [1.54, 1.807) is 6.08 Å². The van der Waals surface area contributed by atoms with Crippen molar-refractivity contribution in [1.82, 2.24) is 5.32 Å². The maximum Gasteiger partial charge on any atom is 0.268 e. The van der Waals surface area contributed by atoms with Gasteiger partial charge in [-0.15, -0.1) is 0 Å². The summed E-state index contributed by atoms with van der Waals surface area (Å²) in [5.41, 5.74) is 0. The highest BCUT2D eigenvalue weighted by atomic mass is 31.2. The lowest BCUT2D eigenvalue weighted by Crippen LogP contribution is -2.45. The minimum absolute atomic E-state index is 0.00409. The Morgan fingerprint density at radius 2 is 1.07 bits per heavy atom. The number of hydrogen-bond donors (Lipinski definition) is 2. The van der Waals surface area contributed by atoms with E-state index in [9.17, 15) is 19.4 Å². The van der Waals surface area contributed by atoms with E-state index in [0.29, 0.717) is 17.4 Å². The van der Waals surface area contributed by atoms with Crippen molar-refractivity contribution in [1.29, 1.82) is 0 Å². The SMILES string of the molecule is CCC/C=C\C/C=C\CCCCCCCC(=O)NC(COP(=O)([O-])OCC[N+](C)(C)C)C(O)/C=C/CCCCCCCCCCCCCCCCCCCCC. The van der Waals surface area contributed by atoms with Gasteiger partial charge in [-0.1, -0.05) is 192 Å². The van der Waals surface area contributed by atoms with Gasteiger partial charge in [-0.2, -0.15) is 0 Å². The smallest absolute Gasteiger partial charge is 0.268 e. The third-order valence-electron chi connectivity index (χ3n) is 10.3. The summed E-state index contributed by atoms with van der Waals surface area (Å²) in [5, 5.41) is 13.8. The number of carbonyl (C=O) groups is 1. The number of phosphoric acid groups is 1. The number of carbonyl (C=O) groups excluding carboxylic acids is 1. The predicted octanol–water partition coefficient (Wildman–Crippen LogP) is 12.5. The maximum absolute atomic E-state index is 12.8. The minimum Gasteiger partial charge on any atom is -0.756 e. The van der Waals surface area contributed by atoms with E-state index in [2.05, 4.69) is 43.5 Å². The zero-order valence-corrected chi connectivity index (χ0v) is 38.2. The molecule has 0 fully saturated rings. The summed E-state index contributed by atoms with van der Waals surface area (Å²) in [5.74, 6) is -0.212. The normalized spacial score (nSPS) is 14.6. The van der Waals surface area contributed by atoms with Crippen molar-refractivity contribution < 1.29 is 32.9 Å². The molecule has 0 aliphatic heterocycles. The summed E-state index contributed by atoms with van der Waals surface area (Å²) in [4.78, 5) is 25.3. The monoisotopic (exact) mass is 811 g/mol. The fourth-order valence-electron chi connectivity index (χ4n) is 6.60. The number of hydrogen-bond acceptors (Lipinski definition) is 6. The minimum atomic E-state index is -4.59. The van der Waals surface area contributed by atoms with E-state index in [4.69, 9.17) is 9.05 Å². The van der Waals surface area contributed by atoms with Crippen LogP contribution in [0.4, 0.5) is 0 Å². The van der Waals surface area contributed by atoms with Crippen molar-refractivity contribution in [3.05, 3.63) is 36.5 Å². The number of likely N-dealkylation sites (N-methyl/N-ethyl adjacent to an activating group) is 1. The van der Waals surface area contributed by atoms with E-state index in [-0.39, 0.29) is 19.1 Å². The van der Waals surface area contributed by atoms with Gasteiger partial charge in [0.2, 0.25) is 5.91 Å². The van der Waals surface area contributed by atoms with Crippen molar-refractivity contribution in [3.8, 4) is 0 Å². The average Bonchev–Trinajstić information content (AvgIpc) is 3.15. The molecule has 0 rings (SSSR count). The molecule has 8 nitrogen and oxygen atoms in total. The van der Waals surface area contributed by atoms with Crippen LogP contribution < -0.4 is 10.2 Å². The molecule has 2 N–H and O–H groups in total. The molecule has 0 saturated heterocycles. The van der Waals surface area contributed by atoms with Crippen molar-refractivity contribution in [2.75, 3.05) is 40.9 Å². The van der Waals surface area contributed by atoms with Gasteiger partial charge in [0.25, 0.3) is 7.82 Å². The number of unbranched alkanes of at least 4 members (excludes halogenated alkanes) is 25. The van der Waals surface area contributed by atoms with E-state index >= 15 is 0 Å². The fourth-order valence-corrected chi connectivity index (χ4v) is 7.32. The number of phosphoric ester groups is 1. The van der Waals surface area contributed by atoms with Crippen LogP contribution in [0.3, 0.4) is 0 Å². The van der Waals surface area contributed by atoms with Crippen molar-refractivity contribution in [2.45, 2.75) is 219 Å². The van der Waals surface area contributed by atoms with Crippen LogP contribution in [0.25, 0.3) is 0 Å². The molecular formula is C47H91N2O6P. The lowest BCUT2D eigenvalue weighted by atomic mass is 10.0. The molecule has 0 aliphatic rings. The maximum atomic E-state index is 12.8. The van der Waals surface area contributed by atoms with Crippen molar-refractivity contribution >= 4 is 13.7 Å². The predicted molar refractivity (Wildman–Crippen MR) is 238 cm³/mol. The summed E-state index contributed by atoms with van der Waals surface area (Å²) in [6.07, 6.45) is 47.7. The Morgan fingerprint density at radius 1 is 0.625 bits per heavy atom. The van der Waals surface area contributed by atoms with Gasteiger partial charge in [-0.3, -0.25) is 9.36 Å². The Morgan fingerprint density at radius 3 is 1.55 bits per heavy atom. The van der Waals surface area contributed by atoms with Crippen LogP contribution in [0.1, 0.15) is 206 Å². The Balaban J connectivity index is 4.35. The molecule has 0 aromatic heterocycles. The highest BCUT2D eigenvalue weighted by Gasteiger charge is 2.23. The second kappa shape index (κ2) is 39.2. The summed E-state index contributed by atoms with van der Waals surface area (Å²) in [6, 6.07) is -0.892. The fraction of sp³-hybridized carbons (Fsp3) is 0.851. The number of amides is 1. The summed E-state index contributed by atoms with van der Waals surface area (Å²) in [7, 11) is 1.25. The van der Waals surface area contributed by atoms with E-state index in [0.717, 1.165) is 70.6 Å². The van der Waals surface area contributed by atoms with Crippen LogP contribution in [-0.4, -0.2) is 68.5 Å². The Labute approximate surface area is 347 Å². The van der Waals surface area contributed by atoms with Gasteiger partial charge in [0, 0.05) is 6.42 Å². The molecule has 9 heteroatoms.